The third-order valence-corrected chi connectivity index (χ3v) is 3.89. The van der Waals surface area contributed by atoms with Crippen LogP contribution >= 0.6 is 11.3 Å². The number of para-hydroxylation sites is 1. The van der Waals surface area contributed by atoms with E-state index in [4.69, 9.17) is 0 Å². The number of thiophene rings is 1. The van der Waals surface area contributed by atoms with Gasteiger partial charge in [-0.2, -0.15) is 24.5 Å². The molecule has 0 aliphatic rings. The number of carbonyl (C=O) groups is 1. The fourth-order valence-electron chi connectivity index (χ4n) is 2.07. The molecule has 25 heavy (non-hydrogen) atoms. The van der Waals surface area contributed by atoms with Gasteiger partial charge in [-0.3, -0.25) is 0 Å². The van der Waals surface area contributed by atoms with E-state index in [1.165, 1.54) is 29.5 Å². The molecular weight excluding hydrogens is 355 g/mol. The summed E-state index contributed by atoms with van der Waals surface area (Å²) in [5, 5.41) is 16.2. The van der Waals surface area contributed by atoms with Crippen LogP contribution in [0.5, 0.6) is 0 Å². The number of hydrogen-bond acceptors (Lipinski definition) is 4. The highest BCUT2D eigenvalue weighted by atomic mass is 32.1. The molecule has 0 aliphatic heterocycles. The zero-order valence-electron chi connectivity index (χ0n) is 12.6. The Labute approximate surface area is 144 Å². The molecule has 6 nitrogen and oxygen atoms in total. The molecule has 0 spiro atoms. The van der Waals surface area contributed by atoms with Crippen LogP contribution in [-0.4, -0.2) is 21.0 Å². The van der Waals surface area contributed by atoms with Crippen molar-refractivity contribution in [2.24, 2.45) is 0 Å². The van der Waals surface area contributed by atoms with Crippen molar-refractivity contribution in [1.29, 1.82) is 0 Å². The van der Waals surface area contributed by atoms with Crippen LogP contribution < -0.4 is 10.6 Å². The largest absolute Gasteiger partial charge is 0.418 e. The Morgan fingerprint density at radius 1 is 1.24 bits per heavy atom. The molecule has 0 unspecified atom stereocenters. The van der Waals surface area contributed by atoms with Crippen LogP contribution in [0, 0.1) is 0 Å². The van der Waals surface area contributed by atoms with Gasteiger partial charge in [0, 0.05) is 5.38 Å². The summed E-state index contributed by atoms with van der Waals surface area (Å²) in [7, 11) is 0. The fourth-order valence-corrected chi connectivity index (χ4v) is 2.69. The van der Waals surface area contributed by atoms with E-state index in [1.54, 1.807) is 10.9 Å². The summed E-state index contributed by atoms with van der Waals surface area (Å²) in [6.07, 6.45) is -2.92. The van der Waals surface area contributed by atoms with E-state index in [0.717, 1.165) is 11.8 Å². The first-order valence-electron chi connectivity index (χ1n) is 7.08. The molecule has 0 saturated heterocycles. The van der Waals surface area contributed by atoms with E-state index in [1.807, 2.05) is 16.8 Å². The SMILES string of the molecule is O=C(NCc1cn(-c2ccsc2)nn1)Nc1ccccc1C(F)(F)F. The average molecular weight is 367 g/mol. The highest BCUT2D eigenvalue weighted by Crippen LogP contribution is 2.34. The number of halogens is 3. The minimum Gasteiger partial charge on any atom is -0.332 e. The number of amides is 2. The van der Waals surface area contributed by atoms with Gasteiger partial charge in [0.05, 0.1) is 29.7 Å². The Bertz CT molecular complexity index is 860. The van der Waals surface area contributed by atoms with E-state index >= 15 is 0 Å². The smallest absolute Gasteiger partial charge is 0.332 e. The maximum absolute atomic E-state index is 12.9. The highest BCUT2D eigenvalue weighted by Gasteiger charge is 2.33. The van der Waals surface area contributed by atoms with E-state index in [-0.39, 0.29) is 12.2 Å². The Kier molecular flexibility index (Phi) is 4.70. The third kappa shape index (κ3) is 4.15. The minimum absolute atomic E-state index is 0.0319. The van der Waals surface area contributed by atoms with Crippen molar-refractivity contribution in [1.82, 2.24) is 20.3 Å². The van der Waals surface area contributed by atoms with Gasteiger partial charge >= 0.3 is 12.2 Å². The van der Waals surface area contributed by atoms with Crippen LogP contribution in [-0.2, 0) is 12.7 Å². The minimum atomic E-state index is -4.55. The number of carbonyl (C=O) groups excluding carboxylic acids is 1. The number of anilines is 1. The quantitative estimate of drug-likeness (QED) is 0.739. The molecule has 3 aromatic rings. The number of benzene rings is 1. The number of nitrogens with zero attached hydrogens (tertiary/aromatic N) is 3. The number of nitrogens with one attached hydrogen (secondary N) is 2. The maximum atomic E-state index is 12.9. The molecule has 130 valence electrons. The van der Waals surface area contributed by atoms with Crippen LogP contribution in [0.2, 0.25) is 0 Å². The second kappa shape index (κ2) is 6.93. The van der Waals surface area contributed by atoms with Gasteiger partial charge in [0.25, 0.3) is 0 Å². The van der Waals surface area contributed by atoms with Crippen LogP contribution in [0.15, 0.2) is 47.3 Å². The summed E-state index contributed by atoms with van der Waals surface area (Å²) in [5.41, 5.74) is 0.0979. The van der Waals surface area contributed by atoms with Crippen LogP contribution in [0.3, 0.4) is 0 Å². The highest BCUT2D eigenvalue weighted by molar-refractivity contribution is 7.08. The summed E-state index contributed by atoms with van der Waals surface area (Å²) in [6.45, 7) is 0.0319. The maximum Gasteiger partial charge on any atom is 0.418 e. The predicted molar refractivity (Wildman–Crippen MR) is 86.5 cm³/mol. The molecular formula is C15H12F3N5OS. The molecule has 2 amide bonds. The van der Waals surface area contributed by atoms with Gasteiger partial charge < -0.3 is 10.6 Å². The van der Waals surface area contributed by atoms with Crippen LogP contribution in [0.4, 0.5) is 23.7 Å². The second-order valence-electron chi connectivity index (χ2n) is 4.99. The number of rotatable bonds is 4. The molecule has 3 rings (SSSR count). The van der Waals surface area contributed by atoms with E-state index in [2.05, 4.69) is 20.9 Å². The summed E-state index contributed by atoms with van der Waals surface area (Å²) in [4.78, 5) is 11.9. The number of urea groups is 1. The topological polar surface area (TPSA) is 71.8 Å². The standard InChI is InChI=1S/C15H12F3N5OS/c16-15(17,18)12-3-1-2-4-13(12)20-14(24)19-7-10-8-23(22-21-10)11-5-6-25-9-11/h1-6,8-9H,7H2,(H2,19,20,24). The van der Waals surface area contributed by atoms with Crippen molar-refractivity contribution in [3.05, 3.63) is 58.5 Å². The van der Waals surface area contributed by atoms with Gasteiger partial charge in [0.1, 0.15) is 5.69 Å². The molecule has 2 heterocycles. The second-order valence-corrected chi connectivity index (χ2v) is 5.77. The molecule has 0 saturated carbocycles. The van der Waals surface area contributed by atoms with Crippen molar-refractivity contribution >= 4 is 23.1 Å². The third-order valence-electron chi connectivity index (χ3n) is 3.22. The first-order valence-corrected chi connectivity index (χ1v) is 8.02. The molecule has 0 atom stereocenters. The van der Waals surface area contributed by atoms with Crippen LogP contribution in [0.25, 0.3) is 5.69 Å². The summed E-state index contributed by atoms with van der Waals surface area (Å²) in [6, 6.07) is 5.86. The molecule has 10 heteroatoms. The van der Waals surface area contributed by atoms with Gasteiger partial charge in [-0.1, -0.05) is 17.3 Å². The zero-order chi connectivity index (χ0) is 17.9. The van der Waals surface area contributed by atoms with Gasteiger partial charge in [-0.25, -0.2) is 9.48 Å². The van der Waals surface area contributed by atoms with E-state index in [9.17, 15) is 18.0 Å². The predicted octanol–water partition coefficient (Wildman–Crippen LogP) is 3.67. The fraction of sp³-hybridized carbons (Fsp3) is 0.133. The molecule has 2 aromatic heterocycles. The number of alkyl halides is 3. The lowest BCUT2D eigenvalue weighted by atomic mass is 10.1. The lowest BCUT2D eigenvalue weighted by molar-refractivity contribution is -0.136. The number of aromatic nitrogens is 3. The summed E-state index contributed by atoms with van der Waals surface area (Å²) in [5.74, 6) is 0. The first kappa shape index (κ1) is 17.0. The van der Waals surface area contributed by atoms with Crippen LogP contribution in [0.1, 0.15) is 11.3 Å². The summed E-state index contributed by atoms with van der Waals surface area (Å²) < 4.78 is 40.2. The number of hydrogen-bond donors (Lipinski definition) is 2. The van der Waals surface area contributed by atoms with Gasteiger partial charge in [-0.05, 0) is 23.6 Å². The van der Waals surface area contributed by atoms with Gasteiger partial charge in [0.2, 0.25) is 0 Å². The zero-order valence-corrected chi connectivity index (χ0v) is 13.4. The monoisotopic (exact) mass is 367 g/mol. The lowest BCUT2D eigenvalue weighted by Crippen LogP contribution is -2.29. The normalized spacial score (nSPS) is 11.3. The molecule has 2 N–H and O–H groups in total. The van der Waals surface area contributed by atoms with Gasteiger partial charge in [0.15, 0.2) is 0 Å². The van der Waals surface area contributed by atoms with Crippen molar-refractivity contribution in [2.45, 2.75) is 12.7 Å². The first-order chi connectivity index (χ1) is 11.9. The Morgan fingerprint density at radius 3 is 2.76 bits per heavy atom. The Balaban J connectivity index is 1.61. The van der Waals surface area contributed by atoms with Crippen molar-refractivity contribution in [2.75, 3.05) is 5.32 Å². The Hall–Kier alpha value is -2.88. The van der Waals surface area contributed by atoms with Gasteiger partial charge in [-0.15, -0.1) is 5.10 Å². The molecule has 0 bridgehead atoms. The lowest BCUT2D eigenvalue weighted by Gasteiger charge is -2.13. The average Bonchev–Trinajstić information content (AvgIpc) is 3.24. The van der Waals surface area contributed by atoms with Crippen molar-refractivity contribution < 1.29 is 18.0 Å². The van der Waals surface area contributed by atoms with E-state index < -0.39 is 17.8 Å². The molecule has 0 fully saturated rings. The molecule has 1 aromatic carbocycles. The van der Waals surface area contributed by atoms with Crippen molar-refractivity contribution in [3.8, 4) is 5.69 Å². The molecule has 0 aliphatic carbocycles. The summed E-state index contributed by atoms with van der Waals surface area (Å²) >= 11 is 1.51. The van der Waals surface area contributed by atoms with Crippen molar-refractivity contribution in [3.63, 3.8) is 0 Å². The van der Waals surface area contributed by atoms with E-state index in [0.29, 0.717) is 5.69 Å². The molecule has 0 radical (unpaired) electrons. The Morgan fingerprint density at radius 2 is 2.04 bits per heavy atom.